The number of hydrogen-bond acceptors (Lipinski definition) is 3. The summed E-state index contributed by atoms with van der Waals surface area (Å²) in [6.45, 7) is 5.35. The summed E-state index contributed by atoms with van der Waals surface area (Å²) in [5.41, 5.74) is 1.05. The molecular formula is C13H20ClN3. The zero-order valence-electron chi connectivity index (χ0n) is 10.5. The Hall–Kier alpha value is -0.830. The summed E-state index contributed by atoms with van der Waals surface area (Å²) in [5, 5.41) is 3.72. The molecule has 4 heteroatoms. The first-order chi connectivity index (χ1) is 8.15. The molecule has 2 atom stereocenters. The van der Waals surface area contributed by atoms with Gasteiger partial charge in [-0.3, -0.25) is 0 Å². The van der Waals surface area contributed by atoms with Gasteiger partial charge in [0.2, 0.25) is 5.28 Å². The van der Waals surface area contributed by atoms with Gasteiger partial charge >= 0.3 is 0 Å². The van der Waals surface area contributed by atoms with Crippen LogP contribution in [0.3, 0.4) is 0 Å². The molecule has 1 aliphatic carbocycles. The van der Waals surface area contributed by atoms with Crippen LogP contribution in [0.15, 0.2) is 6.20 Å². The van der Waals surface area contributed by atoms with Crippen molar-refractivity contribution in [3.63, 3.8) is 0 Å². The van der Waals surface area contributed by atoms with Gasteiger partial charge in [0, 0.05) is 18.3 Å². The van der Waals surface area contributed by atoms with Crippen LogP contribution < -0.4 is 5.32 Å². The van der Waals surface area contributed by atoms with E-state index in [1.54, 1.807) is 6.20 Å². The van der Waals surface area contributed by atoms with Crippen molar-refractivity contribution in [2.45, 2.75) is 39.5 Å². The molecule has 0 amide bonds. The number of aromatic nitrogens is 2. The van der Waals surface area contributed by atoms with E-state index in [2.05, 4.69) is 22.2 Å². The molecule has 0 aliphatic heterocycles. The zero-order valence-corrected chi connectivity index (χ0v) is 11.3. The van der Waals surface area contributed by atoms with Crippen LogP contribution in [0.2, 0.25) is 5.28 Å². The van der Waals surface area contributed by atoms with Crippen molar-refractivity contribution in [2.24, 2.45) is 11.8 Å². The first kappa shape index (κ1) is 12.6. The number of aryl methyl sites for hydroxylation is 1. The Bertz CT molecular complexity index is 381. The van der Waals surface area contributed by atoms with Crippen LogP contribution in [0.5, 0.6) is 0 Å². The molecule has 2 rings (SSSR count). The van der Waals surface area contributed by atoms with Crippen LogP contribution in [0, 0.1) is 18.8 Å². The second-order valence-electron chi connectivity index (χ2n) is 5.19. The molecule has 94 valence electrons. The normalized spacial score (nSPS) is 24.6. The molecule has 1 heterocycles. The van der Waals surface area contributed by atoms with E-state index in [4.69, 9.17) is 11.6 Å². The second kappa shape index (κ2) is 5.67. The predicted octanol–water partition coefficient (Wildman–Crippen LogP) is 3.68. The van der Waals surface area contributed by atoms with Gasteiger partial charge in [0.05, 0.1) is 0 Å². The fourth-order valence-electron chi connectivity index (χ4n) is 2.59. The van der Waals surface area contributed by atoms with E-state index in [-0.39, 0.29) is 0 Å². The van der Waals surface area contributed by atoms with Crippen molar-refractivity contribution in [1.29, 1.82) is 0 Å². The predicted molar refractivity (Wildman–Crippen MR) is 71.4 cm³/mol. The number of nitrogens with zero attached hydrogens (tertiary/aromatic N) is 2. The van der Waals surface area contributed by atoms with Crippen LogP contribution in [0.4, 0.5) is 5.82 Å². The summed E-state index contributed by atoms with van der Waals surface area (Å²) in [7, 11) is 0. The van der Waals surface area contributed by atoms with E-state index in [0.29, 0.717) is 5.28 Å². The molecule has 0 spiro atoms. The van der Waals surface area contributed by atoms with Crippen molar-refractivity contribution in [2.75, 3.05) is 11.9 Å². The number of halogens is 1. The average molecular weight is 254 g/mol. The third-order valence-corrected chi connectivity index (χ3v) is 3.73. The third-order valence-electron chi connectivity index (χ3n) is 3.55. The van der Waals surface area contributed by atoms with Gasteiger partial charge < -0.3 is 5.32 Å². The highest BCUT2D eigenvalue weighted by atomic mass is 35.5. The Morgan fingerprint density at radius 3 is 3.06 bits per heavy atom. The fourth-order valence-corrected chi connectivity index (χ4v) is 2.72. The zero-order chi connectivity index (χ0) is 12.3. The van der Waals surface area contributed by atoms with E-state index < -0.39 is 0 Å². The molecule has 0 saturated heterocycles. The van der Waals surface area contributed by atoms with Gasteiger partial charge in [-0.15, -0.1) is 0 Å². The average Bonchev–Trinajstić information content (AvgIpc) is 2.30. The number of nitrogens with one attached hydrogen (secondary N) is 1. The fraction of sp³-hybridized carbons (Fsp3) is 0.692. The van der Waals surface area contributed by atoms with Crippen molar-refractivity contribution in [3.8, 4) is 0 Å². The highest BCUT2D eigenvalue weighted by Crippen LogP contribution is 2.28. The summed E-state index contributed by atoms with van der Waals surface area (Å²) < 4.78 is 0. The first-order valence-corrected chi connectivity index (χ1v) is 6.76. The van der Waals surface area contributed by atoms with Crippen LogP contribution in [0.25, 0.3) is 0 Å². The van der Waals surface area contributed by atoms with Gasteiger partial charge in [-0.05, 0) is 43.2 Å². The van der Waals surface area contributed by atoms with E-state index >= 15 is 0 Å². The summed E-state index contributed by atoms with van der Waals surface area (Å²) in [5.74, 6) is 2.51. The van der Waals surface area contributed by atoms with Crippen LogP contribution in [0.1, 0.15) is 38.2 Å². The molecule has 0 bridgehead atoms. The van der Waals surface area contributed by atoms with Gasteiger partial charge in [0.25, 0.3) is 0 Å². The molecule has 3 nitrogen and oxygen atoms in total. The third kappa shape index (κ3) is 3.56. The van der Waals surface area contributed by atoms with Gasteiger partial charge in [-0.25, -0.2) is 9.97 Å². The molecule has 1 aromatic heterocycles. The first-order valence-electron chi connectivity index (χ1n) is 6.38. The Labute approximate surface area is 108 Å². The Morgan fingerprint density at radius 1 is 1.47 bits per heavy atom. The van der Waals surface area contributed by atoms with Crippen LogP contribution in [-0.4, -0.2) is 16.5 Å². The SMILES string of the molecule is Cc1cnc(Cl)nc1NCC1CCCC(C)C1. The lowest BCUT2D eigenvalue weighted by atomic mass is 9.82. The highest BCUT2D eigenvalue weighted by molar-refractivity contribution is 6.28. The topological polar surface area (TPSA) is 37.8 Å². The Morgan fingerprint density at radius 2 is 2.29 bits per heavy atom. The van der Waals surface area contributed by atoms with E-state index in [1.165, 1.54) is 25.7 Å². The van der Waals surface area contributed by atoms with Crippen molar-refractivity contribution < 1.29 is 0 Å². The van der Waals surface area contributed by atoms with Gasteiger partial charge in [-0.2, -0.15) is 0 Å². The van der Waals surface area contributed by atoms with Crippen molar-refractivity contribution >= 4 is 17.4 Å². The largest absolute Gasteiger partial charge is 0.369 e. The maximum absolute atomic E-state index is 5.80. The van der Waals surface area contributed by atoms with Gasteiger partial charge in [0.1, 0.15) is 5.82 Å². The molecule has 1 saturated carbocycles. The molecule has 2 unspecified atom stereocenters. The van der Waals surface area contributed by atoms with Crippen LogP contribution in [-0.2, 0) is 0 Å². The molecule has 1 aromatic rings. The number of hydrogen-bond donors (Lipinski definition) is 1. The van der Waals surface area contributed by atoms with E-state index in [9.17, 15) is 0 Å². The van der Waals surface area contributed by atoms with Gasteiger partial charge in [-0.1, -0.05) is 19.8 Å². The number of anilines is 1. The highest BCUT2D eigenvalue weighted by Gasteiger charge is 2.18. The maximum atomic E-state index is 5.80. The molecule has 1 aliphatic rings. The Balaban J connectivity index is 1.90. The summed E-state index contributed by atoms with van der Waals surface area (Å²) >= 11 is 5.80. The quantitative estimate of drug-likeness (QED) is 0.835. The second-order valence-corrected chi connectivity index (χ2v) is 5.53. The summed E-state index contributed by atoms with van der Waals surface area (Å²) in [4.78, 5) is 8.18. The summed E-state index contributed by atoms with van der Waals surface area (Å²) in [6.07, 6.45) is 7.16. The monoisotopic (exact) mass is 253 g/mol. The minimum atomic E-state index is 0.315. The van der Waals surface area contributed by atoms with E-state index in [1.807, 2.05) is 6.92 Å². The lowest BCUT2D eigenvalue weighted by molar-refractivity contribution is 0.293. The Kier molecular flexibility index (Phi) is 4.21. The molecule has 0 radical (unpaired) electrons. The summed E-state index contributed by atoms with van der Waals surface area (Å²) in [6, 6.07) is 0. The van der Waals surface area contributed by atoms with Crippen molar-refractivity contribution in [1.82, 2.24) is 9.97 Å². The van der Waals surface area contributed by atoms with Crippen LogP contribution >= 0.6 is 11.6 Å². The lowest BCUT2D eigenvalue weighted by Gasteiger charge is -2.27. The van der Waals surface area contributed by atoms with Gasteiger partial charge in [0.15, 0.2) is 0 Å². The minimum absolute atomic E-state index is 0.315. The molecule has 1 fully saturated rings. The maximum Gasteiger partial charge on any atom is 0.224 e. The molecule has 1 N–H and O–H groups in total. The molecule has 0 aromatic carbocycles. The van der Waals surface area contributed by atoms with Crippen molar-refractivity contribution in [3.05, 3.63) is 17.0 Å². The molecular weight excluding hydrogens is 234 g/mol. The minimum Gasteiger partial charge on any atom is -0.369 e. The lowest BCUT2D eigenvalue weighted by Crippen LogP contribution is -2.21. The molecule has 17 heavy (non-hydrogen) atoms. The number of rotatable bonds is 3. The van der Waals surface area contributed by atoms with E-state index in [0.717, 1.165) is 29.8 Å². The smallest absolute Gasteiger partial charge is 0.224 e. The standard InChI is InChI=1S/C13H20ClN3/c1-9-4-3-5-11(6-9)8-15-12-10(2)7-16-13(14)17-12/h7,9,11H,3-6,8H2,1-2H3,(H,15,16,17).